The van der Waals surface area contributed by atoms with Gasteiger partial charge in [-0.05, 0) is 80.3 Å². The lowest BCUT2D eigenvalue weighted by atomic mass is 9.75. The fourth-order valence-electron chi connectivity index (χ4n) is 3.69. The average Bonchev–Trinajstić information content (AvgIpc) is 2.83. The van der Waals surface area contributed by atoms with E-state index in [-0.39, 0.29) is 0 Å². The SMILES string of the molecule is Cc1ccc(C[C@H](NCCCOc2cccc(C=C(C#N)c3ccccn3)c2)B(O)O)c(C)c1. The zero-order valence-electron chi connectivity index (χ0n) is 19.6. The Morgan fingerprint density at radius 2 is 2.00 bits per heavy atom. The second-order valence-corrected chi connectivity index (χ2v) is 8.27. The molecule has 1 aromatic heterocycles. The topological polar surface area (TPSA) is 98.4 Å². The van der Waals surface area contributed by atoms with Gasteiger partial charge in [-0.15, -0.1) is 0 Å². The number of hydrogen-bond donors (Lipinski definition) is 3. The summed E-state index contributed by atoms with van der Waals surface area (Å²) < 4.78 is 5.87. The maximum Gasteiger partial charge on any atom is 0.469 e. The van der Waals surface area contributed by atoms with Crippen molar-refractivity contribution in [3.05, 3.63) is 94.8 Å². The second kappa shape index (κ2) is 12.7. The summed E-state index contributed by atoms with van der Waals surface area (Å²) in [6.45, 7) is 5.15. The molecule has 6 nitrogen and oxygen atoms in total. The van der Waals surface area contributed by atoms with Crippen molar-refractivity contribution in [1.82, 2.24) is 10.3 Å². The third-order valence-corrected chi connectivity index (χ3v) is 5.52. The summed E-state index contributed by atoms with van der Waals surface area (Å²) >= 11 is 0. The Balaban J connectivity index is 1.50. The molecule has 1 heterocycles. The van der Waals surface area contributed by atoms with Crippen LogP contribution in [-0.2, 0) is 6.42 Å². The van der Waals surface area contributed by atoms with Crippen LogP contribution in [0.2, 0.25) is 0 Å². The van der Waals surface area contributed by atoms with Crippen LogP contribution in [0, 0.1) is 25.2 Å². The fraction of sp³-hybridized carbons (Fsp3) is 0.259. The molecule has 2 aromatic carbocycles. The number of ether oxygens (including phenoxy) is 1. The molecule has 34 heavy (non-hydrogen) atoms. The summed E-state index contributed by atoms with van der Waals surface area (Å²) in [6, 6.07) is 21.4. The summed E-state index contributed by atoms with van der Waals surface area (Å²) in [5.74, 6) is 0.256. The molecule has 0 unspecified atom stereocenters. The van der Waals surface area contributed by atoms with Crippen LogP contribution in [0.5, 0.6) is 5.75 Å². The van der Waals surface area contributed by atoms with Crippen molar-refractivity contribution in [3.8, 4) is 11.8 Å². The highest BCUT2D eigenvalue weighted by atomic mass is 16.5. The second-order valence-electron chi connectivity index (χ2n) is 8.27. The Kier molecular flexibility index (Phi) is 9.42. The van der Waals surface area contributed by atoms with Gasteiger partial charge < -0.3 is 20.1 Å². The smallest absolute Gasteiger partial charge is 0.469 e. The molecule has 0 saturated heterocycles. The summed E-state index contributed by atoms with van der Waals surface area (Å²) in [5, 5.41) is 32.3. The molecule has 0 radical (unpaired) electrons. The molecule has 7 heteroatoms. The van der Waals surface area contributed by atoms with E-state index in [9.17, 15) is 15.3 Å². The van der Waals surface area contributed by atoms with Crippen LogP contribution in [0.25, 0.3) is 11.6 Å². The quantitative estimate of drug-likeness (QED) is 0.232. The molecule has 0 aliphatic carbocycles. The van der Waals surface area contributed by atoms with Crippen molar-refractivity contribution in [2.45, 2.75) is 32.6 Å². The Hall–Kier alpha value is -3.44. The van der Waals surface area contributed by atoms with Crippen molar-refractivity contribution in [1.29, 1.82) is 5.26 Å². The van der Waals surface area contributed by atoms with Gasteiger partial charge in [0.15, 0.2) is 0 Å². The van der Waals surface area contributed by atoms with Crippen molar-refractivity contribution >= 4 is 18.8 Å². The highest BCUT2D eigenvalue weighted by molar-refractivity contribution is 6.43. The Morgan fingerprint density at radius 3 is 2.71 bits per heavy atom. The van der Waals surface area contributed by atoms with Gasteiger partial charge in [-0.1, -0.05) is 42.0 Å². The number of nitrogens with one attached hydrogen (secondary N) is 1. The summed E-state index contributed by atoms with van der Waals surface area (Å²) in [4.78, 5) is 4.24. The van der Waals surface area contributed by atoms with Crippen LogP contribution in [0.4, 0.5) is 0 Å². The van der Waals surface area contributed by atoms with Gasteiger partial charge in [0.25, 0.3) is 0 Å². The molecular formula is C27H30BN3O3. The highest BCUT2D eigenvalue weighted by Gasteiger charge is 2.23. The molecule has 0 aliphatic heterocycles. The maximum absolute atomic E-state index is 9.79. The maximum atomic E-state index is 9.79. The first-order valence-electron chi connectivity index (χ1n) is 11.4. The molecule has 174 valence electrons. The average molecular weight is 455 g/mol. The first-order valence-corrected chi connectivity index (χ1v) is 11.4. The number of hydrogen-bond acceptors (Lipinski definition) is 6. The van der Waals surface area contributed by atoms with E-state index in [1.165, 1.54) is 5.56 Å². The van der Waals surface area contributed by atoms with E-state index in [0.717, 1.165) is 16.7 Å². The zero-order chi connectivity index (χ0) is 24.3. The standard InChI is InChI=1S/C27H30BN3O3/c1-20-10-11-23(21(2)15-20)18-27(28(32)33)31-13-6-14-34-25-8-5-7-22(17-25)16-24(19-29)26-9-3-4-12-30-26/h3-5,7-12,15-17,27,31-33H,6,13-14,18H2,1-2H3/t27-/m0/s1. The molecule has 3 rings (SSSR count). The van der Waals surface area contributed by atoms with E-state index in [0.29, 0.717) is 43.0 Å². The van der Waals surface area contributed by atoms with Crippen LogP contribution < -0.4 is 10.1 Å². The van der Waals surface area contributed by atoms with Crippen LogP contribution in [-0.4, -0.2) is 41.2 Å². The minimum atomic E-state index is -1.45. The monoisotopic (exact) mass is 455 g/mol. The Labute approximate surface area is 201 Å². The van der Waals surface area contributed by atoms with Gasteiger partial charge in [0.1, 0.15) is 11.8 Å². The molecule has 0 saturated carbocycles. The van der Waals surface area contributed by atoms with Gasteiger partial charge in [-0.3, -0.25) is 4.98 Å². The van der Waals surface area contributed by atoms with Crippen molar-refractivity contribution in [2.75, 3.05) is 13.2 Å². The molecule has 1 atom stereocenters. The molecule has 0 bridgehead atoms. The van der Waals surface area contributed by atoms with Gasteiger partial charge in [0, 0.05) is 12.1 Å². The molecule has 0 fully saturated rings. The Morgan fingerprint density at radius 1 is 1.15 bits per heavy atom. The Bertz CT molecular complexity index is 1140. The van der Waals surface area contributed by atoms with Gasteiger partial charge >= 0.3 is 7.12 Å². The summed E-state index contributed by atoms with van der Waals surface area (Å²) in [7, 11) is -1.45. The number of nitrogens with zero attached hydrogens (tertiary/aromatic N) is 2. The summed E-state index contributed by atoms with van der Waals surface area (Å²) in [6.07, 6.45) is 4.69. The number of benzene rings is 2. The molecule has 0 aliphatic rings. The molecule has 3 N–H and O–H groups in total. The van der Waals surface area contributed by atoms with E-state index in [2.05, 4.69) is 22.4 Å². The fourth-order valence-corrected chi connectivity index (χ4v) is 3.69. The highest BCUT2D eigenvalue weighted by Crippen LogP contribution is 2.19. The predicted molar refractivity (Wildman–Crippen MR) is 136 cm³/mol. The number of rotatable bonds is 11. The van der Waals surface area contributed by atoms with E-state index in [1.54, 1.807) is 18.3 Å². The third-order valence-electron chi connectivity index (χ3n) is 5.52. The van der Waals surface area contributed by atoms with Crippen molar-refractivity contribution in [3.63, 3.8) is 0 Å². The van der Waals surface area contributed by atoms with Gasteiger partial charge in [-0.2, -0.15) is 5.26 Å². The van der Waals surface area contributed by atoms with Gasteiger partial charge in [0.05, 0.1) is 17.9 Å². The largest absolute Gasteiger partial charge is 0.494 e. The van der Waals surface area contributed by atoms with Crippen LogP contribution in [0.1, 0.15) is 34.4 Å². The zero-order valence-corrected chi connectivity index (χ0v) is 19.6. The predicted octanol–water partition coefficient (Wildman–Crippen LogP) is 3.74. The van der Waals surface area contributed by atoms with Crippen molar-refractivity contribution < 1.29 is 14.8 Å². The number of nitriles is 1. The van der Waals surface area contributed by atoms with E-state index < -0.39 is 13.1 Å². The summed E-state index contributed by atoms with van der Waals surface area (Å²) in [5.41, 5.74) is 5.40. The first-order chi connectivity index (χ1) is 16.5. The van der Waals surface area contributed by atoms with E-state index >= 15 is 0 Å². The number of allylic oxidation sites excluding steroid dienone is 1. The first kappa shape index (κ1) is 25.2. The minimum Gasteiger partial charge on any atom is -0.494 e. The van der Waals surface area contributed by atoms with E-state index in [4.69, 9.17) is 4.74 Å². The normalized spacial score (nSPS) is 12.1. The lowest BCUT2D eigenvalue weighted by Crippen LogP contribution is -2.45. The number of aryl methyl sites for hydroxylation is 2. The van der Waals surface area contributed by atoms with Gasteiger partial charge in [-0.25, -0.2) is 0 Å². The molecule has 0 spiro atoms. The van der Waals surface area contributed by atoms with Crippen LogP contribution in [0.15, 0.2) is 66.9 Å². The van der Waals surface area contributed by atoms with Crippen LogP contribution >= 0.6 is 0 Å². The number of aromatic nitrogens is 1. The minimum absolute atomic E-state index is 0.453. The van der Waals surface area contributed by atoms with Crippen molar-refractivity contribution in [2.24, 2.45) is 0 Å². The van der Waals surface area contributed by atoms with Crippen LogP contribution in [0.3, 0.4) is 0 Å². The molecule has 3 aromatic rings. The number of pyridine rings is 1. The lowest BCUT2D eigenvalue weighted by Gasteiger charge is -2.19. The molecular weight excluding hydrogens is 425 g/mol. The lowest BCUT2D eigenvalue weighted by molar-refractivity contribution is 0.303. The van der Waals surface area contributed by atoms with E-state index in [1.807, 2.05) is 62.4 Å². The third kappa shape index (κ3) is 7.56. The molecule has 0 amide bonds. The van der Waals surface area contributed by atoms with Gasteiger partial charge in [0.2, 0.25) is 0 Å².